The molecule has 0 bridgehead atoms. The van der Waals surface area contributed by atoms with Crippen molar-refractivity contribution in [3.05, 3.63) is 35.9 Å². The highest BCUT2D eigenvalue weighted by Gasteiger charge is 2.45. The molecular formula is C21H33NO3S2. The van der Waals surface area contributed by atoms with Crippen molar-refractivity contribution in [3.8, 4) is 0 Å². The van der Waals surface area contributed by atoms with Crippen LogP contribution in [0.5, 0.6) is 0 Å². The van der Waals surface area contributed by atoms with Crippen molar-refractivity contribution in [1.82, 2.24) is 5.32 Å². The van der Waals surface area contributed by atoms with Crippen LogP contribution in [0.1, 0.15) is 52.5 Å². The quantitative estimate of drug-likeness (QED) is 0.672. The molecule has 1 heterocycles. The van der Waals surface area contributed by atoms with Crippen molar-refractivity contribution in [2.75, 3.05) is 11.5 Å². The SMILES string of the molecule is CCC[C@H](NC(=O)OC(C)(C)C)C(O)C1(Cc2ccccc2)SCCCS1. The fourth-order valence-corrected chi connectivity index (χ4v) is 6.73. The number of hydrogen-bond donors (Lipinski definition) is 2. The molecule has 0 aromatic heterocycles. The lowest BCUT2D eigenvalue weighted by atomic mass is 9.97. The van der Waals surface area contributed by atoms with Gasteiger partial charge in [-0.1, -0.05) is 43.7 Å². The molecule has 0 radical (unpaired) electrons. The first kappa shape index (κ1) is 22.4. The zero-order valence-corrected chi connectivity index (χ0v) is 18.5. The molecule has 1 aromatic rings. The van der Waals surface area contributed by atoms with Gasteiger partial charge in [0, 0.05) is 0 Å². The van der Waals surface area contributed by atoms with Crippen LogP contribution in [0.3, 0.4) is 0 Å². The molecule has 1 fully saturated rings. The molecule has 2 rings (SSSR count). The Morgan fingerprint density at radius 1 is 1.26 bits per heavy atom. The van der Waals surface area contributed by atoms with Gasteiger partial charge >= 0.3 is 6.09 Å². The summed E-state index contributed by atoms with van der Waals surface area (Å²) in [7, 11) is 0. The summed E-state index contributed by atoms with van der Waals surface area (Å²) in [6.45, 7) is 7.62. The minimum atomic E-state index is -0.652. The zero-order valence-electron chi connectivity index (χ0n) is 16.9. The molecule has 27 heavy (non-hydrogen) atoms. The summed E-state index contributed by atoms with van der Waals surface area (Å²) in [6, 6.07) is 9.98. The van der Waals surface area contributed by atoms with E-state index in [1.54, 1.807) is 0 Å². The topological polar surface area (TPSA) is 58.6 Å². The summed E-state index contributed by atoms with van der Waals surface area (Å²) in [6.07, 6.45) is 2.42. The Kier molecular flexibility index (Phi) is 8.38. The second-order valence-corrected chi connectivity index (χ2v) is 11.1. The summed E-state index contributed by atoms with van der Waals surface area (Å²) >= 11 is 3.66. The smallest absolute Gasteiger partial charge is 0.407 e. The summed E-state index contributed by atoms with van der Waals surface area (Å²) in [4.78, 5) is 12.3. The average molecular weight is 412 g/mol. The Balaban J connectivity index is 2.19. The number of rotatable bonds is 7. The van der Waals surface area contributed by atoms with Crippen molar-refractivity contribution >= 4 is 29.6 Å². The van der Waals surface area contributed by atoms with Crippen LogP contribution >= 0.6 is 23.5 Å². The average Bonchev–Trinajstić information content (AvgIpc) is 2.61. The van der Waals surface area contributed by atoms with Crippen molar-refractivity contribution in [1.29, 1.82) is 0 Å². The minimum absolute atomic E-state index is 0.327. The molecule has 4 nitrogen and oxygen atoms in total. The van der Waals surface area contributed by atoms with Gasteiger partial charge in [0.05, 0.1) is 16.2 Å². The first-order chi connectivity index (χ1) is 12.8. The predicted octanol–water partition coefficient (Wildman–Crippen LogP) is 4.85. The Hall–Kier alpha value is -0.850. The predicted molar refractivity (Wildman–Crippen MR) is 116 cm³/mol. The zero-order chi connectivity index (χ0) is 19.9. The van der Waals surface area contributed by atoms with Gasteiger partial charge in [0.2, 0.25) is 0 Å². The van der Waals surface area contributed by atoms with Crippen LogP contribution in [0.4, 0.5) is 4.79 Å². The van der Waals surface area contributed by atoms with Crippen molar-refractivity contribution < 1.29 is 14.6 Å². The minimum Gasteiger partial charge on any atom is -0.444 e. The lowest BCUT2D eigenvalue weighted by Crippen LogP contribution is -2.54. The van der Waals surface area contributed by atoms with Crippen LogP contribution in [-0.4, -0.2) is 44.5 Å². The third kappa shape index (κ3) is 6.91. The molecule has 152 valence electrons. The van der Waals surface area contributed by atoms with Crippen LogP contribution in [0.15, 0.2) is 30.3 Å². The third-order valence-electron chi connectivity index (χ3n) is 4.41. The van der Waals surface area contributed by atoms with E-state index in [4.69, 9.17) is 4.74 Å². The van der Waals surface area contributed by atoms with Crippen LogP contribution in [-0.2, 0) is 11.2 Å². The van der Waals surface area contributed by atoms with Gasteiger partial charge in [-0.2, -0.15) is 0 Å². The maximum absolute atomic E-state index is 12.3. The van der Waals surface area contributed by atoms with E-state index in [0.717, 1.165) is 37.2 Å². The normalized spacial score (nSPS) is 19.1. The number of aliphatic hydroxyl groups excluding tert-OH is 1. The van der Waals surface area contributed by atoms with Crippen LogP contribution in [0.25, 0.3) is 0 Å². The molecule has 0 aliphatic carbocycles. The van der Waals surface area contributed by atoms with E-state index in [2.05, 4.69) is 24.4 Å². The largest absolute Gasteiger partial charge is 0.444 e. The van der Waals surface area contributed by atoms with E-state index in [1.807, 2.05) is 62.5 Å². The van der Waals surface area contributed by atoms with Crippen LogP contribution in [0.2, 0.25) is 0 Å². The highest BCUT2D eigenvalue weighted by atomic mass is 32.2. The Morgan fingerprint density at radius 3 is 2.44 bits per heavy atom. The van der Waals surface area contributed by atoms with E-state index in [-0.39, 0.29) is 10.1 Å². The number of benzene rings is 1. The van der Waals surface area contributed by atoms with E-state index in [0.29, 0.717) is 0 Å². The van der Waals surface area contributed by atoms with Gasteiger partial charge in [0.15, 0.2) is 0 Å². The number of thioether (sulfide) groups is 2. The molecule has 1 saturated heterocycles. The number of nitrogens with one attached hydrogen (secondary N) is 1. The summed E-state index contributed by atoms with van der Waals surface area (Å²) in [5, 5.41) is 14.4. The monoisotopic (exact) mass is 411 g/mol. The Bertz CT molecular complexity index is 583. The number of alkyl carbamates (subject to hydrolysis) is 1. The highest BCUT2D eigenvalue weighted by Crippen LogP contribution is 2.48. The van der Waals surface area contributed by atoms with Gasteiger partial charge in [-0.05, 0) is 57.1 Å². The fraction of sp³-hybridized carbons (Fsp3) is 0.667. The van der Waals surface area contributed by atoms with Gasteiger partial charge in [-0.3, -0.25) is 0 Å². The fourth-order valence-electron chi connectivity index (χ4n) is 3.23. The molecule has 0 spiro atoms. The number of carbonyl (C=O) groups is 1. The number of carbonyl (C=O) groups excluding carboxylic acids is 1. The van der Waals surface area contributed by atoms with Crippen molar-refractivity contribution in [3.63, 3.8) is 0 Å². The summed E-state index contributed by atoms with van der Waals surface area (Å²) < 4.78 is 5.08. The standard InChI is InChI=1S/C21H33NO3S2/c1-5-10-17(22-19(24)25-20(2,3)4)18(23)21(26-13-9-14-27-21)15-16-11-7-6-8-12-16/h6-8,11-12,17-18,23H,5,9-10,13-15H2,1-4H3,(H,22,24)/t17-,18?/m0/s1. The molecule has 6 heteroatoms. The summed E-state index contributed by atoms with van der Waals surface area (Å²) in [5.74, 6) is 2.06. The maximum atomic E-state index is 12.3. The first-order valence-electron chi connectivity index (χ1n) is 9.75. The van der Waals surface area contributed by atoms with Gasteiger partial charge in [-0.25, -0.2) is 4.79 Å². The number of amides is 1. The van der Waals surface area contributed by atoms with Crippen molar-refractivity contribution in [2.45, 2.75) is 75.2 Å². The first-order valence-corrected chi connectivity index (χ1v) is 11.7. The molecule has 1 aliphatic rings. The van der Waals surface area contributed by atoms with Gasteiger partial charge < -0.3 is 15.2 Å². The Morgan fingerprint density at radius 2 is 1.89 bits per heavy atom. The molecule has 1 amide bonds. The van der Waals surface area contributed by atoms with Gasteiger partial charge in [0.25, 0.3) is 0 Å². The highest BCUT2D eigenvalue weighted by molar-refractivity contribution is 8.18. The van der Waals surface area contributed by atoms with E-state index < -0.39 is 17.8 Å². The third-order valence-corrected chi connectivity index (χ3v) is 7.85. The lowest BCUT2D eigenvalue weighted by Gasteiger charge is -2.43. The second kappa shape index (κ2) is 10.1. The van der Waals surface area contributed by atoms with Gasteiger partial charge in [-0.15, -0.1) is 23.5 Å². The molecular weight excluding hydrogens is 378 g/mol. The van der Waals surface area contributed by atoms with Crippen LogP contribution < -0.4 is 5.32 Å². The molecule has 1 aliphatic heterocycles. The van der Waals surface area contributed by atoms with Gasteiger partial charge in [0.1, 0.15) is 5.60 Å². The molecule has 1 unspecified atom stereocenters. The molecule has 2 N–H and O–H groups in total. The number of aliphatic hydroxyl groups is 1. The lowest BCUT2D eigenvalue weighted by molar-refractivity contribution is 0.0400. The molecule has 1 aromatic carbocycles. The van der Waals surface area contributed by atoms with E-state index in [1.165, 1.54) is 5.56 Å². The summed E-state index contributed by atoms with van der Waals surface area (Å²) in [5.41, 5.74) is 0.660. The van der Waals surface area contributed by atoms with Crippen LogP contribution in [0, 0.1) is 0 Å². The maximum Gasteiger partial charge on any atom is 0.407 e. The Labute approximate surface area is 172 Å². The van der Waals surface area contributed by atoms with E-state index >= 15 is 0 Å². The second-order valence-electron chi connectivity index (χ2n) is 8.01. The van der Waals surface area contributed by atoms with Crippen molar-refractivity contribution in [2.24, 2.45) is 0 Å². The molecule has 0 saturated carbocycles. The van der Waals surface area contributed by atoms with E-state index in [9.17, 15) is 9.90 Å². The number of hydrogen-bond acceptors (Lipinski definition) is 5. The molecule has 2 atom stereocenters. The number of ether oxygens (including phenoxy) is 1.